The fourth-order valence-electron chi connectivity index (χ4n) is 2.06. The molecule has 0 fully saturated rings. The summed E-state index contributed by atoms with van der Waals surface area (Å²) in [6.45, 7) is 6.39. The van der Waals surface area contributed by atoms with Crippen LogP contribution < -0.4 is 10.6 Å². The van der Waals surface area contributed by atoms with Crippen LogP contribution in [0.5, 0.6) is 0 Å². The van der Waals surface area contributed by atoms with Crippen LogP contribution in [0.15, 0.2) is 21.7 Å². The van der Waals surface area contributed by atoms with Gasteiger partial charge in [-0.05, 0) is 25.8 Å². The third-order valence-electron chi connectivity index (χ3n) is 3.41. The molecule has 1 aromatic rings. The van der Waals surface area contributed by atoms with Gasteiger partial charge in [-0.3, -0.25) is 9.79 Å². The first-order valence-electron chi connectivity index (χ1n) is 7.84. The number of hydrogen-bond donors (Lipinski definition) is 2. The van der Waals surface area contributed by atoms with E-state index in [1.54, 1.807) is 13.1 Å². The van der Waals surface area contributed by atoms with Crippen molar-refractivity contribution < 1.29 is 9.21 Å². The van der Waals surface area contributed by atoms with Gasteiger partial charge in [0, 0.05) is 39.3 Å². The maximum Gasteiger partial charge on any atom is 0.287 e. The fraction of sp³-hybridized carbons (Fsp3) is 0.625. The van der Waals surface area contributed by atoms with E-state index in [2.05, 4.69) is 27.4 Å². The summed E-state index contributed by atoms with van der Waals surface area (Å²) in [4.78, 5) is 18.2. The predicted molar refractivity (Wildman–Crippen MR) is 105 cm³/mol. The molecule has 0 aromatic carbocycles. The van der Waals surface area contributed by atoms with Crippen molar-refractivity contribution in [3.63, 3.8) is 0 Å². The summed E-state index contributed by atoms with van der Waals surface area (Å²) in [7, 11) is 3.82. The Morgan fingerprint density at radius 3 is 2.57 bits per heavy atom. The standard InChI is InChI=1S/C16H28N4O2.HI/c1-5-6-11-20(4)16(17-3)19-10-7-9-18-15(21)14-13(2)8-12-22-14;/h8,12H,5-7,9-11H2,1-4H3,(H,17,19)(H,18,21);1H. The van der Waals surface area contributed by atoms with E-state index in [1.807, 2.05) is 14.0 Å². The van der Waals surface area contributed by atoms with E-state index in [0.29, 0.717) is 12.3 Å². The van der Waals surface area contributed by atoms with Crippen molar-refractivity contribution in [2.24, 2.45) is 4.99 Å². The van der Waals surface area contributed by atoms with E-state index < -0.39 is 0 Å². The summed E-state index contributed by atoms with van der Waals surface area (Å²) in [5.74, 6) is 1.12. The molecule has 6 nitrogen and oxygen atoms in total. The van der Waals surface area contributed by atoms with Gasteiger partial charge in [0.1, 0.15) is 0 Å². The lowest BCUT2D eigenvalue weighted by Crippen LogP contribution is -2.40. The molecule has 1 amide bonds. The number of hydrogen-bond acceptors (Lipinski definition) is 3. The van der Waals surface area contributed by atoms with E-state index in [0.717, 1.165) is 37.5 Å². The summed E-state index contributed by atoms with van der Waals surface area (Å²) >= 11 is 0. The number of furan rings is 1. The van der Waals surface area contributed by atoms with E-state index in [4.69, 9.17) is 4.42 Å². The Morgan fingerprint density at radius 2 is 2.00 bits per heavy atom. The van der Waals surface area contributed by atoms with Gasteiger partial charge < -0.3 is 20.0 Å². The number of unbranched alkanes of at least 4 members (excludes halogenated alkanes) is 1. The molecule has 0 aliphatic rings. The van der Waals surface area contributed by atoms with E-state index in [9.17, 15) is 4.79 Å². The Bertz CT molecular complexity index is 488. The molecule has 2 N–H and O–H groups in total. The van der Waals surface area contributed by atoms with Crippen LogP contribution in [0.3, 0.4) is 0 Å². The smallest absolute Gasteiger partial charge is 0.287 e. The monoisotopic (exact) mass is 436 g/mol. The van der Waals surface area contributed by atoms with Crippen LogP contribution in [0.25, 0.3) is 0 Å². The minimum absolute atomic E-state index is 0. The number of halogens is 1. The zero-order valence-corrected chi connectivity index (χ0v) is 16.8. The highest BCUT2D eigenvalue weighted by molar-refractivity contribution is 14.0. The third-order valence-corrected chi connectivity index (χ3v) is 3.41. The lowest BCUT2D eigenvalue weighted by molar-refractivity contribution is 0.0925. The van der Waals surface area contributed by atoms with Crippen LogP contribution in [0, 0.1) is 6.92 Å². The van der Waals surface area contributed by atoms with Crippen molar-refractivity contribution in [2.75, 3.05) is 33.7 Å². The Labute approximate surface area is 156 Å². The average molecular weight is 436 g/mol. The molecule has 7 heteroatoms. The molecular formula is C16H29IN4O2. The summed E-state index contributed by atoms with van der Waals surface area (Å²) in [5.41, 5.74) is 0.855. The van der Waals surface area contributed by atoms with Crippen molar-refractivity contribution in [1.82, 2.24) is 15.5 Å². The largest absolute Gasteiger partial charge is 0.459 e. The van der Waals surface area contributed by atoms with Crippen molar-refractivity contribution in [2.45, 2.75) is 33.1 Å². The van der Waals surface area contributed by atoms with E-state index in [-0.39, 0.29) is 29.9 Å². The zero-order valence-electron chi connectivity index (χ0n) is 14.5. The molecule has 0 saturated carbocycles. The van der Waals surface area contributed by atoms with Gasteiger partial charge >= 0.3 is 0 Å². The van der Waals surface area contributed by atoms with Gasteiger partial charge in [-0.2, -0.15) is 0 Å². The Hall–Kier alpha value is -1.25. The maximum atomic E-state index is 11.8. The van der Waals surface area contributed by atoms with Crippen LogP contribution in [0.1, 0.15) is 42.3 Å². The van der Waals surface area contributed by atoms with Crippen molar-refractivity contribution >= 4 is 35.8 Å². The topological polar surface area (TPSA) is 69.9 Å². The molecule has 0 unspecified atom stereocenters. The average Bonchev–Trinajstić information content (AvgIpc) is 2.94. The first-order valence-corrected chi connectivity index (χ1v) is 7.84. The van der Waals surface area contributed by atoms with Crippen molar-refractivity contribution in [1.29, 1.82) is 0 Å². The van der Waals surface area contributed by atoms with Gasteiger partial charge in [-0.25, -0.2) is 0 Å². The second-order valence-electron chi connectivity index (χ2n) is 5.29. The molecule has 1 heterocycles. The molecule has 0 spiro atoms. The van der Waals surface area contributed by atoms with Gasteiger partial charge in [-0.1, -0.05) is 13.3 Å². The first-order chi connectivity index (χ1) is 10.6. The minimum Gasteiger partial charge on any atom is -0.459 e. The molecular weight excluding hydrogens is 407 g/mol. The SMILES string of the molecule is CCCCN(C)C(=NC)NCCCNC(=O)c1occc1C.I. The highest BCUT2D eigenvalue weighted by Gasteiger charge is 2.11. The van der Waals surface area contributed by atoms with Crippen LogP contribution in [0.4, 0.5) is 0 Å². The maximum absolute atomic E-state index is 11.8. The molecule has 0 radical (unpaired) electrons. The number of amides is 1. The second-order valence-corrected chi connectivity index (χ2v) is 5.29. The molecule has 23 heavy (non-hydrogen) atoms. The summed E-state index contributed by atoms with van der Waals surface area (Å²) in [6.07, 6.45) is 4.67. The van der Waals surface area contributed by atoms with Gasteiger partial charge in [-0.15, -0.1) is 24.0 Å². The van der Waals surface area contributed by atoms with Crippen molar-refractivity contribution in [3.05, 3.63) is 23.7 Å². The molecule has 1 rings (SSSR count). The van der Waals surface area contributed by atoms with Gasteiger partial charge in [0.25, 0.3) is 5.91 Å². The summed E-state index contributed by atoms with van der Waals surface area (Å²) < 4.78 is 5.15. The second kappa shape index (κ2) is 12.2. The Morgan fingerprint density at radius 1 is 1.30 bits per heavy atom. The highest BCUT2D eigenvalue weighted by Crippen LogP contribution is 2.07. The Kier molecular flexibility index (Phi) is 11.5. The van der Waals surface area contributed by atoms with E-state index >= 15 is 0 Å². The minimum atomic E-state index is -0.160. The highest BCUT2D eigenvalue weighted by atomic mass is 127. The van der Waals surface area contributed by atoms with Gasteiger partial charge in [0.15, 0.2) is 11.7 Å². The van der Waals surface area contributed by atoms with Crippen LogP contribution >= 0.6 is 24.0 Å². The molecule has 0 aliphatic heterocycles. The van der Waals surface area contributed by atoms with Crippen LogP contribution in [0.2, 0.25) is 0 Å². The first kappa shape index (κ1) is 21.8. The fourth-order valence-corrected chi connectivity index (χ4v) is 2.06. The van der Waals surface area contributed by atoms with Crippen LogP contribution in [-0.2, 0) is 0 Å². The lowest BCUT2D eigenvalue weighted by Gasteiger charge is -2.21. The number of nitrogens with one attached hydrogen (secondary N) is 2. The van der Waals surface area contributed by atoms with Crippen LogP contribution in [-0.4, -0.2) is 50.5 Å². The number of rotatable bonds is 8. The third kappa shape index (κ3) is 7.71. The molecule has 0 atom stereocenters. The van der Waals surface area contributed by atoms with Gasteiger partial charge in [0.05, 0.1) is 6.26 Å². The van der Waals surface area contributed by atoms with Gasteiger partial charge in [0.2, 0.25) is 0 Å². The number of aliphatic imine (C=N–C) groups is 1. The quantitative estimate of drug-likeness (QED) is 0.285. The lowest BCUT2D eigenvalue weighted by atomic mass is 10.2. The summed E-state index contributed by atoms with van der Waals surface area (Å²) in [6, 6.07) is 1.78. The molecule has 132 valence electrons. The molecule has 0 saturated heterocycles. The predicted octanol–water partition coefficient (Wildman–Crippen LogP) is 2.63. The Balaban J connectivity index is 0.00000484. The number of nitrogens with zero attached hydrogens (tertiary/aromatic N) is 2. The molecule has 0 aliphatic carbocycles. The molecule has 1 aromatic heterocycles. The normalized spacial score (nSPS) is 10.9. The number of carbonyl (C=O) groups is 1. The molecule has 0 bridgehead atoms. The number of guanidine groups is 1. The summed E-state index contributed by atoms with van der Waals surface area (Å²) in [5, 5.41) is 6.15. The van der Waals surface area contributed by atoms with E-state index in [1.165, 1.54) is 12.7 Å². The number of carbonyl (C=O) groups excluding carboxylic acids is 1. The zero-order chi connectivity index (χ0) is 16.4. The van der Waals surface area contributed by atoms with Crippen molar-refractivity contribution in [3.8, 4) is 0 Å². The number of aryl methyl sites for hydroxylation is 1.